The first-order valence-corrected chi connectivity index (χ1v) is 12.1. The van der Waals surface area contributed by atoms with Crippen LogP contribution in [-0.2, 0) is 20.2 Å². The number of rotatable bonds is 4. The lowest BCUT2D eigenvalue weighted by atomic mass is 9.85. The molecule has 6 nitrogen and oxygen atoms in total. The second-order valence-corrected chi connectivity index (χ2v) is 11.3. The highest BCUT2D eigenvalue weighted by molar-refractivity contribution is 7.89. The van der Waals surface area contributed by atoms with Crippen LogP contribution in [0.4, 0.5) is 0 Å². The number of hydrogen-bond donors (Lipinski definition) is 0. The Bertz CT molecular complexity index is 837. The fraction of sp³-hybridized carbons (Fsp3) is 0.682. The molecule has 0 atom stereocenters. The minimum absolute atomic E-state index is 0.0225. The second-order valence-electron chi connectivity index (χ2n) is 9.46. The van der Waals surface area contributed by atoms with E-state index < -0.39 is 10.0 Å². The molecular weight excluding hydrogens is 386 g/mol. The third-order valence-corrected chi connectivity index (χ3v) is 8.28. The van der Waals surface area contributed by atoms with Gasteiger partial charge in [-0.3, -0.25) is 9.69 Å². The van der Waals surface area contributed by atoms with Gasteiger partial charge in [-0.05, 0) is 48.8 Å². The first-order valence-electron chi connectivity index (χ1n) is 10.6. The Morgan fingerprint density at radius 2 is 1.45 bits per heavy atom. The van der Waals surface area contributed by atoms with Crippen LogP contribution in [0.3, 0.4) is 0 Å². The SMILES string of the molecule is Cc1cc(C(C)(C)C)cc(C)c1S(=O)(=O)N1CCN(CC(=O)N2CCCC2)CC1. The minimum atomic E-state index is -3.54. The average Bonchev–Trinajstić information content (AvgIpc) is 3.15. The molecular formula is C22H35N3O3S. The van der Waals surface area contributed by atoms with Gasteiger partial charge in [-0.15, -0.1) is 0 Å². The molecule has 0 spiro atoms. The lowest BCUT2D eigenvalue weighted by molar-refractivity contribution is -0.131. The molecule has 1 aromatic rings. The Morgan fingerprint density at radius 3 is 1.93 bits per heavy atom. The van der Waals surface area contributed by atoms with Crippen molar-refractivity contribution in [2.24, 2.45) is 0 Å². The fourth-order valence-corrected chi connectivity index (χ4v) is 6.14. The maximum Gasteiger partial charge on any atom is 0.243 e. The Kier molecular flexibility index (Phi) is 6.41. The molecule has 29 heavy (non-hydrogen) atoms. The van der Waals surface area contributed by atoms with Crippen molar-refractivity contribution >= 4 is 15.9 Å². The highest BCUT2D eigenvalue weighted by Crippen LogP contribution is 2.31. The van der Waals surface area contributed by atoms with Crippen molar-refractivity contribution in [1.82, 2.24) is 14.1 Å². The van der Waals surface area contributed by atoms with E-state index in [4.69, 9.17) is 0 Å². The highest BCUT2D eigenvalue weighted by atomic mass is 32.2. The van der Waals surface area contributed by atoms with E-state index in [0.29, 0.717) is 37.6 Å². The Morgan fingerprint density at radius 1 is 0.931 bits per heavy atom. The molecule has 7 heteroatoms. The summed E-state index contributed by atoms with van der Waals surface area (Å²) in [7, 11) is -3.54. The monoisotopic (exact) mass is 421 g/mol. The van der Waals surface area contributed by atoms with Crippen LogP contribution in [-0.4, -0.2) is 74.2 Å². The van der Waals surface area contributed by atoms with Crippen LogP contribution in [0.2, 0.25) is 0 Å². The molecule has 1 amide bonds. The molecule has 162 valence electrons. The predicted molar refractivity (Wildman–Crippen MR) is 116 cm³/mol. The van der Waals surface area contributed by atoms with Crippen molar-refractivity contribution in [2.45, 2.75) is 57.8 Å². The van der Waals surface area contributed by atoms with E-state index in [1.54, 1.807) is 4.31 Å². The van der Waals surface area contributed by atoms with Gasteiger partial charge in [0.1, 0.15) is 0 Å². The largest absolute Gasteiger partial charge is 0.342 e. The van der Waals surface area contributed by atoms with Crippen LogP contribution < -0.4 is 0 Å². The van der Waals surface area contributed by atoms with Gasteiger partial charge in [0.25, 0.3) is 0 Å². The number of nitrogens with zero attached hydrogens (tertiary/aromatic N) is 3. The van der Waals surface area contributed by atoms with Crippen LogP contribution in [0.15, 0.2) is 17.0 Å². The Labute approximate surface area is 175 Å². The summed E-state index contributed by atoms with van der Waals surface area (Å²) in [5.74, 6) is 0.170. The molecule has 0 N–H and O–H groups in total. The summed E-state index contributed by atoms with van der Waals surface area (Å²) < 4.78 is 28.3. The number of aryl methyl sites for hydroxylation is 2. The van der Waals surface area contributed by atoms with Gasteiger partial charge >= 0.3 is 0 Å². The van der Waals surface area contributed by atoms with Crippen molar-refractivity contribution in [2.75, 3.05) is 45.8 Å². The maximum atomic E-state index is 13.4. The summed E-state index contributed by atoms with van der Waals surface area (Å²) in [4.78, 5) is 16.8. The molecule has 0 saturated carbocycles. The number of sulfonamides is 1. The molecule has 2 heterocycles. The van der Waals surface area contributed by atoms with Crippen molar-refractivity contribution < 1.29 is 13.2 Å². The number of hydrogen-bond acceptors (Lipinski definition) is 4. The predicted octanol–water partition coefficient (Wildman–Crippen LogP) is 2.53. The summed E-state index contributed by atoms with van der Waals surface area (Å²) >= 11 is 0. The molecule has 2 saturated heterocycles. The number of carbonyl (C=O) groups excluding carboxylic acids is 1. The third kappa shape index (κ3) is 4.84. The molecule has 0 aromatic heterocycles. The summed E-state index contributed by atoms with van der Waals surface area (Å²) in [6.45, 7) is 14.3. The number of amides is 1. The smallest absolute Gasteiger partial charge is 0.243 e. The number of likely N-dealkylation sites (tertiary alicyclic amines) is 1. The van der Waals surface area contributed by atoms with E-state index >= 15 is 0 Å². The van der Waals surface area contributed by atoms with E-state index in [2.05, 4.69) is 25.7 Å². The van der Waals surface area contributed by atoms with Crippen molar-refractivity contribution in [3.8, 4) is 0 Å². The molecule has 0 radical (unpaired) electrons. The zero-order valence-corrected chi connectivity index (χ0v) is 19.3. The Hall–Kier alpha value is -1.44. The van der Waals surface area contributed by atoms with Crippen LogP contribution in [0.5, 0.6) is 0 Å². The van der Waals surface area contributed by atoms with Gasteiger partial charge < -0.3 is 4.90 Å². The van der Waals surface area contributed by atoms with Crippen molar-refractivity contribution in [1.29, 1.82) is 0 Å². The summed E-state index contributed by atoms with van der Waals surface area (Å²) in [6, 6.07) is 4.01. The standard InChI is InChI=1S/C22H35N3O3S/c1-17-14-19(22(3,4)5)15-18(2)21(17)29(27,28)25-12-10-23(11-13-25)16-20(26)24-8-6-7-9-24/h14-15H,6-13,16H2,1-5H3. The van der Waals surface area contributed by atoms with Crippen molar-refractivity contribution in [3.63, 3.8) is 0 Å². The normalized spacial score (nSPS) is 19.7. The number of piperazine rings is 1. The van der Waals surface area contributed by atoms with Gasteiger partial charge in [0.2, 0.25) is 15.9 Å². The molecule has 0 aliphatic carbocycles. The summed E-state index contributed by atoms with van der Waals surface area (Å²) in [5, 5.41) is 0. The first kappa shape index (κ1) is 22.2. The summed E-state index contributed by atoms with van der Waals surface area (Å²) in [6.07, 6.45) is 2.18. The van der Waals surface area contributed by atoms with Gasteiger partial charge in [0.05, 0.1) is 11.4 Å². The minimum Gasteiger partial charge on any atom is -0.342 e. The number of benzene rings is 1. The van der Waals surface area contributed by atoms with E-state index in [-0.39, 0.29) is 11.3 Å². The Balaban J connectivity index is 1.69. The molecule has 0 unspecified atom stereocenters. The van der Waals surface area contributed by atoms with E-state index in [1.165, 1.54) is 0 Å². The van der Waals surface area contributed by atoms with E-state index in [0.717, 1.165) is 42.6 Å². The molecule has 1 aromatic carbocycles. The average molecular weight is 422 g/mol. The molecule has 2 fully saturated rings. The lowest BCUT2D eigenvalue weighted by Gasteiger charge is -2.35. The highest BCUT2D eigenvalue weighted by Gasteiger charge is 2.32. The van der Waals surface area contributed by atoms with Crippen LogP contribution >= 0.6 is 0 Å². The quantitative estimate of drug-likeness (QED) is 0.750. The van der Waals surface area contributed by atoms with Gasteiger partial charge in [0, 0.05) is 39.3 Å². The fourth-order valence-electron chi connectivity index (χ4n) is 4.31. The molecule has 3 rings (SSSR count). The third-order valence-electron chi connectivity index (χ3n) is 6.07. The number of carbonyl (C=O) groups is 1. The molecule has 2 aliphatic heterocycles. The van der Waals surface area contributed by atoms with Gasteiger partial charge in [-0.25, -0.2) is 8.42 Å². The van der Waals surface area contributed by atoms with Gasteiger partial charge in [-0.1, -0.05) is 32.9 Å². The van der Waals surface area contributed by atoms with Gasteiger partial charge in [0.15, 0.2) is 0 Å². The van der Waals surface area contributed by atoms with E-state index in [1.807, 2.05) is 30.9 Å². The second kappa shape index (κ2) is 8.36. The zero-order valence-electron chi connectivity index (χ0n) is 18.5. The van der Waals surface area contributed by atoms with Crippen LogP contribution in [0, 0.1) is 13.8 Å². The van der Waals surface area contributed by atoms with E-state index in [9.17, 15) is 13.2 Å². The molecule has 2 aliphatic rings. The van der Waals surface area contributed by atoms with Crippen LogP contribution in [0.25, 0.3) is 0 Å². The lowest BCUT2D eigenvalue weighted by Crippen LogP contribution is -2.51. The zero-order chi connectivity index (χ0) is 21.4. The molecule has 0 bridgehead atoms. The van der Waals surface area contributed by atoms with Crippen LogP contribution in [0.1, 0.15) is 50.3 Å². The van der Waals surface area contributed by atoms with Gasteiger partial charge in [-0.2, -0.15) is 4.31 Å². The topological polar surface area (TPSA) is 60.9 Å². The maximum absolute atomic E-state index is 13.4. The van der Waals surface area contributed by atoms with Crippen molar-refractivity contribution in [3.05, 3.63) is 28.8 Å². The summed E-state index contributed by atoms with van der Waals surface area (Å²) in [5.41, 5.74) is 2.74. The first-order chi connectivity index (χ1) is 13.5.